The fraction of sp³-hybridized carbons (Fsp3) is 0.357. The van der Waals surface area contributed by atoms with Crippen molar-refractivity contribution in [2.45, 2.75) is 19.9 Å². The maximum absolute atomic E-state index is 12.0. The van der Waals surface area contributed by atoms with E-state index >= 15 is 0 Å². The quantitative estimate of drug-likeness (QED) is 0.779. The third-order valence-corrected chi connectivity index (χ3v) is 2.81. The van der Waals surface area contributed by atoms with Crippen LogP contribution in [0.5, 0.6) is 0 Å². The maximum atomic E-state index is 12.0. The van der Waals surface area contributed by atoms with Gasteiger partial charge in [-0.3, -0.25) is 4.79 Å². The number of hydrogen-bond donors (Lipinski definition) is 1. The van der Waals surface area contributed by atoms with Gasteiger partial charge in [0.1, 0.15) is 0 Å². The summed E-state index contributed by atoms with van der Waals surface area (Å²) in [5.74, 6) is 5.98. The molecule has 0 radical (unpaired) electrons. The van der Waals surface area contributed by atoms with Gasteiger partial charge in [0, 0.05) is 25.2 Å². The summed E-state index contributed by atoms with van der Waals surface area (Å²) in [6, 6.07) is 8.02. The number of carbonyl (C=O) groups is 1. The summed E-state index contributed by atoms with van der Waals surface area (Å²) >= 11 is 0. The van der Waals surface area contributed by atoms with Crippen LogP contribution in [-0.2, 0) is 11.3 Å². The highest BCUT2D eigenvalue weighted by Gasteiger charge is 2.20. The molecular weight excluding hydrogens is 212 g/mol. The third kappa shape index (κ3) is 2.66. The van der Waals surface area contributed by atoms with E-state index in [0.717, 1.165) is 18.7 Å². The first-order chi connectivity index (χ1) is 8.33. The molecule has 0 spiro atoms. The van der Waals surface area contributed by atoms with Crippen LogP contribution in [-0.4, -0.2) is 19.0 Å². The Morgan fingerprint density at radius 1 is 1.35 bits per heavy atom. The van der Waals surface area contributed by atoms with Gasteiger partial charge in [-0.15, -0.1) is 11.8 Å². The maximum Gasteiger partial charge on any atom is 0.240 e. The predicted octanol–water partition coefficient (Wildman–Crippen LogP) is 1.54. The van der Waals surface area contributed by atoms with Crippen molar-refractivity contribution in [3.05, 3.63) is 29.8 Å². The van der Waals surface area contributed by atoms with Crippen molar-refractivity contribution in [1.82, 2.24) is 5.32 Å². The van der Waals surface area contributed by atoms with E-state index in [1.807, 2.05) is 30.0 Å². The molecule has 0 saturated heterocycles. The Morgan fingerprint density at radius 3 is 3.00 bits per heavy atom. The lowest BCUT2D eigenvalue weighted by Crippen LogP contribution is -2.36. The van der Waals surface area contributed by atoms with E-state index in [1.54, 1.807) is 0 Å². The summed E-state index contributed by atoms with van der Waals surface area (Å²) in [6.45, 7) is 3.63. The van der Waals surface area contributed by atoms with Gasteiger partial charge in [-0.05, 0) is 18.6 Å². The summed E-state index contributed by atoms with van der Waals surface area (Å²) in [7, 11) is 0. The van der Waals surface area contributed by atoms with Crippen molar-refractivity contribution >= 4 is 11.6 Å². The largest absolute Gasteiger partial charge is 0.310 e. The molecule has 2 rings (SSSR count). The summed E-state index contributed by atoms with van der Waals surface area (Å²) in [5.41, 5.74) is 2.18. The smallest absolute Gasteiger partial charge is 0.240 e. The molecule has 1 aliphatic heterocycles. The lowest BCUT2D eigenvalue weighted by atomic mass is 10.1. The molecule has 3 heteroatoms. The Bertz CT molecular complexity index is 471. The zero-order valence-electron chi connectivity index (χ0n) is 9.99. The number of para-hydroxylation sites is 1. The minimum absolute atomic E-state index is 0.118. The molecule has 1 aromatic carbocycles. The lowest BCUT2D eigenvalue weighted by molar-refractivity contribution is -0.117. The van der Waals surface area contributed by atoms with Crippen LogP contribution in [0.3, 0.4) is 0 Å². The second-order valence-corrected chi connectivity index (χ2v) is 3.95. The van der Waals surface area contributed by atoms with Crippen LogP contribution in [0.4, 0.5) is 5.69 Å². The predicted molar refractivity (Wildman–Crippen MR) is 68.6 cm³/mol. The number of fused-ring (bicyclic) bond motifs is 1. The summed E-state index contributed by atoms with van der Waals surface area (Å²) in [6.07, 6.45) is 0.719. The standard InChI is InChI=1S/C14H16N2O/c1-2-3-6-9-16-13-8-5-4-7-12(13)10-15-11-14(16)17/h4-5,7-8,15H,6,9-11H2,1H3. The van der Waals surface area contributed by atoms with Gasteiger partial charge in [0.25, 0.3) is 0 Å². The van der Waals surface area contributed by atoms with E-state index in [2.05, 4.69) is 23.2 Å². The van der Waals surface area contributed by atoms with E-state index in [0.29, 0.717) is 13.1 Å². The second kappa shape index (κ2) is 5.51. The van der Waals surface area contributed by atoms with E-state index in [-0.39, 0.29) is 5.91 Å². The Balaban J connectivity index is 2.26. The van der Waals surface area contributed by atoms with Crippen LogP contribution in [0.1, 0.15) is 18.9 Å². The topological polar surface area (TPSA) is 32.3 Å². The minimum Gasteiger partial charge on any atom is -0.310 e. The number of hydrogen-bond acceptors (Lipinski definition) is 2. The monoisotopic (exact) mass is 228 g/mol. The van der Waals surface area contributed by atoms with E-state index in [4.69, 9.17) is 0 Å². The van der Waals surface area contributed by atoms with Gasteiger partial charge in [-0.1, -0.05) is 18.2 Å². The van der Waals surface area contributed by atoms with Gasteiger partial charge >= 0.3 is 0 Å². The Morgan fingerprint density at radius 2 is 2.18 bits per heavy atom. The molecule has 0 aliphatic carbocycles. The average Bonchev–Trinajstić information content (AvgIpc) is 2.50. The van der Waals surface area contributed by atoms with Gasteiger partial charge < -0.3 is 10.2 Å². The minimum atomic E-state index is 0.118. The van der Waals surface area contributed by atoms with Crippen molar-refractivity contribution in [3.8, 4) is 11.8 Å². The number of rotatable bonds is 2. The van der Waals surface area contributed by atoms with E-state index in [9.17, 15) is 4.79 Å². The summed E-state index contributed by atoms with van der Waals surface area (Å²) in [5, 5.41) is 3.15. The molecule has 1 aromatic rings. The molecular formula is C14H16N2O. The highest BCUT2D eigenvalue weighted by molar-refractivity contribution is 5.96. The molecule has 17 heavy (non-hydrogen) atoms. The molecule has 0 aromatic heterocycles. The molecule has 88 valence electrons. The lowest BCUT2D eigenvalue weighted by Gasteiger charge is -2.21. The number of anilines is 1. The van der Waals surface area contributed by atoms with Crippen LogP contribution in [0, 0.1) is 11.8 Å². The highest BCUT2D eigenvalue weighted by Crippen LogP contribution is 2.22. The fourth-order valence-corrected chi connectivity index (χ4v) is 2.00. The molecule has 1 heterocycles. The first kappa shape index (κ1) is 11.7. The molecule has 0 fully saturated rings. The van der Waals surface area contributed by atoms with Gasteiger partial charge in [-0.25, -0.2) is 0 Å². The van der Waals surface area contributed by atoms with E-state index in [1.165, 1.54) is 5.56 Å². The number of amides is 1. The Kier molecular flexibility index (Phi) is 3.79. The van der Waals surface area contributed by atoms with Gasteiger partial charge in [0.2, 0.25) is 5.91 Å². The zero-order chi connectivity index (χ0) is 12.1. The van der Waals surface area contributed by atoms with Crippen LogP contribution in [0.25, 0.3) is 0 Å². The van der Waals surface area contributed by atoms with Crippen LogP contribution >= 0.6 is 0 Å². The Hall–Kier alpha value is -1.79. The zero-order valence-corrected chi connectivity index (χ0v) is 9.99. The molecule has 3 nitrogen and oxygen atoms in total. The summed E-state index contributed by atoms with van der Waals surface area (Å²) < 4.78 is 0. The van der Waals surface area contributed by atoms with Gasteiger partial charge in [0.05, 0.1) is 6.54 Å². The van der Waals surface area contributed by atoms with Crippen LogP contribution < -0.4 is 10.2 Å². The molecule has 1 aliphatic rings. The van der Waals surface area contributed by atoms with Crippen molar-refractivity contribution in [2.24, 2.45) is 0 Å². The van der Waals surface area contributed by atoms with E-state index < -0.39 is 0 Å². The molecule has 0 bridgehead atoms. The number of nitrogens with one attached hydrogen (secondary N) is 1. The first-order valence-electron chi connectivity index (χ1n) is 5.81. The van der Waals surface area contributed by atoms with Crippen molar-refractivity contribution in [3.63, 3.8) is 0 Å². The van der Waals surface area contributed by atoms with Crippen LogP contribution in [0.2, 0.25) is 0 Å². The number of carbonyl (C=O) groups excluding carboxylic acids is 1. The highest BCUT2D eigenvalue weighted by atomic mass is 16.2. The second-order valence-electron chi connectivity index (χ2n) is 3.95. The third-order valence-electron chi connectivity index (χ3n) is 2.81. The molecule has 0 atom stereocenters. The SMILES string of the molecule is CC#CCCN1C(=O)CNCc2ccccc21. The summed E-state index contributed by atoms with van der Waals surface area (Å²) in [4.78, 5) is 13.8. The molecule has 0 saturated carbocycles. The molecule has 1 N–H and O–H groups in total. The van der Waals surface area contributed by atoms with Crippen molar-refractivity contribution in [1.29, 1.82) is 0 Å². The molecule has 1 amide bonds. The fourth-order valence-electron chi connectivity index (χ4n) is 2.00. The van der Waals surface area contributed by atoms with Gasteiger partial charge in [-0.2, -0.15) is 0 Å². The number of benzene rings is 1. The van der Waals surface area contributed by atoms with Crippen molar-refractivity contribution in [2.75, 3.05) is 18.0 Å². The first-order valence-corrected chi connectivity index (χ1v) is 5.81. The molecule has 0 unspecified atom stereocenters. The van der Waals surface area contributed by atoms with Gasteiger partial charge in [0.15, 0.2) is 0 Å². The Labute approximate surface area is 102 Å². The average molecular weight is 228 g/mol. The normalized spacial score (nSPS) is 14.6. The number of nitrogens with zero attached hydrogens (tertiary/aromatic N) is 1. The van der Waals surface area contributed by atoms with Crippen molar-refractivity contribution < 1.29 is 4.79 Å². The van der Waals surface area contributed by atoms with Crippen LogP contribution in [0.15, 0.2) is 24.3 Å².